The van der Waals surface area contributed by atoms with Crippen molar-refractivity contribution in [1.29, 1.82) is 5.26 Å². The van der Waals surface area contributed by atoms with Crippen LogP contribution in [0.5, 0.6) is 5.88 Å². The highest BCUT2D eigenvalue weighted by molar-refractivity contribution is 7.10. The number of aryl methyl sites for hydroxylation is 1. The third kappa shape index (κ3) is 2.91. The fraction of sp³-hybridized carbons (Fsp3) is 0.412. The maximum Gasteiger partial charge on any atom is 0.244 e. The van der Waals surface area contributed by atoms with Gasteiger partial charge < -0.3 is 20.1 Å². The quantitative estimate of drug-likeness (QED) is 0.738. The molecule has 1 fully saturated rings. The van der Waals surface area contributed by atoms with Crippen LogP contribution < -0.4 is 15.4 Å². The van der Waals surface area contributed by atoms with Crippen molar-refractivity contribution in [3.63, 3.8) is 0 Å². The predicted molar refractivity (Wildman–Crippen MR) is 92.2 cm³/mol. The molecule has 7 nitrogen and oxygen atoms in total. The number of nitrogens with one attached hydrogen (secondary N) is 2. The monoisotopic (exact) mass is 358 g/mol. The van der Waals surface area contributed by atoms with Crippen molar-refractivity contribution in [1.82, 2.24) is 10.2 Å². The average Bonchev–Trinajstić information content (AvgIpc) is 3.22. The Kier molecular flexibility index (Phi) is 4.21. The molecule has 1 atom stereocenters. The van der Waals surface area contributed by atoms with Gasteiger partial charge in [-0.3, -0.25) is 5.10 Å². The number of aromatic nitrogens is 2. The molecule has 2 aliphatic rings. The molecule has 4 rings (SSSR count). The average molecular weight is 358 g/mol. The SMILES string of the molecule is Cc1[nH]nc2c1[C@H](c1cc(C[NH+]3CCOCC3)cs1)C(C#N)=C(N)O2. The molecular formula is C17H20N5O2S+. The Bertz CT molecular complexity index is 857. The first-order valence-electron chi connectivity index (χ1n) is 8.28. The zero-order valence-electron chi connectivity index (χ0n) is 14.0. The van der Waals surface area contributed by atoms with E-state index in [9.17, 15) is 5.26 Å². The summed E-state index contributed by atoms with van der Waals surface area (Å²) in [5, 5.41) is 18.9. The minimum absolute atomic E-state index is 0.139. The van der Waals surface area contributed by atoms with E-state index in [2.05, 4.69) is 27.7 Å². The van der Waals surface area contributed by atoms with Crippen LogP contribution in [0.2, 0.25) is 0 Å². The lowest BCUT2D eigenvalue weighted by Crippen LogP contribution is -3.12. The summed E-state index contributed by atoms with van der Waals surface area (Å²) in [5.74, 6) is 0.388. The van der Waals surface area contributed by atoms with Gasteiger partial charge in [0.25, 0.3) is 0 Å². The summed E-state index contributed by atoms with van der Waals surface area (Å²) < 4.78 is 10.9. The van der Waals surface area contributed by atoms with Crippen LogP contribution in [0.15, 0.2) is 22.9 Å². The summed E-state index contributed by atoms with van der Waals surface area (Å²) in [5.41, 5.74) is 9.49. The van der Waals surface area contributed by atoms with Gasteiger partial charge in [0.1, 0.15) is 31.3 Å². The summed E-state index contributed by atoms with van der Waals surface area (Å²) >= 11 is 1.66. The Balaban J connectivity index is 1.66. The fourth-order valence-electron chi connectivity index (χ4n) is 3.45. The number of nitrogens with zero attached hydrogens (tertiary/aromatic N) is 2. The highest BCUT2D eigenvalue weighted by Gasteiger charge is 2.35. The molecule has 2 aliphatic heterocycles. The van der Waals surface area contributed by atoms with E-state index in [4.69, 9.17) is 15.2 Å². The number of H-pyrrole nitrogens is 1. The molecule has 0 unspecified atom stereocenters. The molecule has 8 heteroatoms. The normalized spacial score (nSPS) is 20.9. The van der Waals surface area contributed by atoms with E-state index < -0.39 is 0 Å². The van der Waals surface area contributed by atoms with Crippen molar-refractivity contribution in [3.8, 4) is 11.9 Å². The van der Waals surface area contributed by atoms with Gasteiger partial charge >= 0.3 is 0 Å². The van der Waals surface area contributed by atoms with E-state index in [1.807, 2.05) is 6.92 Å². The van der Waals surface area contributed by atoms with E-state index in [-0.39, 0.29) is 11.8 Å². The molecule has 0 saturated carbocycles. The Morgan fingerprint density at radius 1 is 1.48 bits per heavy atom. The van der Waals surface area contributed by atoms with Crippen LogP contribution in [-0.4, -0.2) is 36.5 Å². The maximum atomic E-state index is 9.60. The third-order valence-electron chi connectivity index (χ3n) is 4.74. The molecule has 0 bridgehead atoms. The highest BCUT2D eigenvalue weighted by Crippen LogP contribution is 2.44. The van der Waals surface area contributed by atoms with Gasteiger partial charge in [-0.15, -0.1) is 16.4 Å². The van der Waals surface area contributed by atoms with Crippen molar-refractivity contribution in [2.75, 3.05) is 26.3 Å². The molecule has 2 aromatic rings. The second kappa shape index (κ2) is 6.52. The summed E-state index contributed by atoms with van der Waals surface area (Å²) in [4.78, 5) is 2.62. The zero-order valence-corrected chi connectivity index (χ0v) is 14.8. The van der Waals surface area contributed by atoms with E-state index in [0.717, 1.165) is 49.0 Å². The number of allylic oxidation sites excluding steroid dienone is 1. The van der Waals surface area contributed by atoms with Gasteiger partial charge in [-0.05, 0) is 18.4 Å². The van der Waals surface area contributed by atoms with Gasteiger partial charge in [0.15, 0.2) is 0 Å². The number of aromatic amines is 1. The third-order valence-corrected chi connectivity index (χ3v) is 5.79. The zero-order chi connectivity index (χ0) is 17.4. The van der Waals surface area contributed by atoms with Gasteiger partial charge in [0.2, 0.25) is 11.8 Å². The summed E-state index contributed by atoms with van der Waals surface area (Å²) in [6, 6.07) is 4.41. The largest absolute Gasteiger partial charge is 0.420 e. The number of morpholine rings is 1. The predicted octanol–water partition coefficient (Wildman–Crippen LogP) is 0.413. The molecule has 1 saturated heterocycles. The van der Waals surface area contributed by atoms with E-state index in [1.54, 1.807) is 11.3 Å². The second-order valence-corrected chi connectivity index (χ2v) is 7.33. The van der Waals surface area contributed by atoms with Gasteiger partial charge in [0.05, 0.1) is 24.7 Å². The standard InChI is InChI=1S/C17H19N5O2S/c1-10-14-15(12(7-18)16(19)24-17(14)21-20-10)13-6-11(9-25-13)8-22-2-4-23-5-3-22/h6,9,15H,2-5,8,19H2,1H3,(H,20,21)/p+1/t15-/m0/s1. The first-order chi connectivity index (χ1) is 12.2. The van der Waals surface area contributed by atoms with Gasteiger partial charge in [-0.2, -0.15) is 5.26 Å². The number of rotatable bonds is 3. The van der Waals surface area contributed by atoms with Crippen LogP contribution in [-0.2, 0) is 11.3 Å². The van der Waals surface area contributed by atoms with E-state index in [1.165, 1.54) is 10.5 Å². The van der Waals surface area contributed by atoms with E-state index in [0.29, 0.717) is 11.5 Å². The van der Waals surface area contributed by atoms with Crippen molar-refractivity contribution < 1.29 is 14.4 Å². The second-order valence-electron chi connectivity index (χ2n) is 6.39. The first kappa shape index (κ1) is 16.1. The van der Waals surface area contributed by atoms with Crippen LogP contribution in [0.4, 0.5) is 0 Å². The molecule has 130 valence electrons. The van der Waals surface area contributed by atoms with Gasteiger partial charge in [0, 0.05) is 16.1 Å². The Morgan fingerprint density at radius 3 is 3.04 bits per heavy atom. The molecule has 25 heavy (non-hydrogen) atoms. The maximum absolute atomic E-state index is 9.60. The Labute approximate surface area is 149 Å². The molecule has 0 amide bonds. The van der Waals surface area contributed by atoms with E-state index >= 15 is 0 Å². The number of hydrogen-bond acceptors (Lipinski definition) is 6. The number of nitriles is 1. The van der Waals surface area contributed by atoms with Gasteiger partial charge in [-0.25, -0.2) is 0 Å². The van der Waals surface area contributed by atoms with Crippen molar-refractivity contribution in [3.05, 3.63) is 44.6 Å². The lowest BCUT2D eigenvalue weighted by atomic mass is 9.88. The minimum atomic E-state index is -0.217. The number of quaternary nitrogens is 1. The van der Waals surface area contributed by atoms with Gasteiger partial charge in [-0.1, -0.05) is 0 Å². The number of ether oxygens (including phenoxy) is 2. The Hall–Kier alpha value is -2.34. The first-order valence-corrected chi connectivity index (χ1v) is 9.16. The molecule has 4 heterocycles. The number of thiophene rings is 1. The van der Waals surface area contributed by atoms with Crippen LogP contribution in [0, 0.1) is 18.3 Å². The topological polar surface area (TPSA) is 101 Å². The summed E-state index contributed by atoms with van der Waals surface area (Å²) in [6.07, 6.45) is 0. The molecule has 0 spiro atoms. The van der Waals surface area contributed by atoms with Crippen LogP contribution in [0.1, 0.15) is 27.6 Å². The number of fused-ring (bicyclic) bond motifs is 1. The van der Waals surface area contributed by atoms with Crippen LogP contribution >= 0.6 is 11.3 Å². The lowest BCUT2D eigenvalue weighted by molar-refractivity contribution is -0.921. The fourth-order valence-corrected chi connectivity index (χ4v) is 4.48. The molecule has 0 aromatic carbocycles. The smallest absolute Gasteiger partial charge is 0.244 e. The molecule has 2 aromatic heterocycles. The minimum Gasteiger partial charge on any atom is -0.420 e. The van der Waals surface area contributed by atoms with Crippen LogP contribution in [0.3, 0.4) is 0 Å². The Morgan fingerprint density at radius 2 is 2.28 bits per heavy atom. The molecular weight excluding hydrogens is 338 g/mol. The van der Waals surface area contributed by atoms with Crippen LogP contribution in [0.25, 0.3) is 0 Å². The van der Waals surface area contributed by atoms with Crippen molar-refractivity contribution >= 4 is 11.3 Å². The molecule has 4 N–H and O–H groups in total. The molecule has 0 aliphatic carbocycles. The highest BCUT2D eigenvalue weighted by atomic mass is 32.1. The molecule has 0 radical (unpaired) electrons. The summed E-state index contributed by atoms with van der Waals surface area (Å²) in [7, 11) is 0. The number of hydrogen-bond donors (Lipinski definition) is 3. The van der Waals surface area contributed by atoms with Crippen molar-refractivity contribution in [2.45, 2.75) is 19.4 Å². The number of nitrogens with two attached hydrogens (primary N) is 1. The lowest BCUT2D eigenvalue weighted by Gasteiger charge is -2.23. The summed E-state index contributed by atoms with van der Waals surface area (Å²) in [6.45, 7) is 6.61. The van der Waals surface area contributed by atoms with Crippen molar-refractivity contribution in [2.24, 2.45) is 5.73 Å².